The Kier molecular flexibility index (Phi) is 1.92. The Morgan fingerprint density at radius 2 is 2.08 bits per heavy atom. The molecule has 1 nitrogen and oxygen atoms in total. The maximum atomic E-state index is 2.14. The van der Waals surface area contributed by atoms with Crippen molar-refractivity contribution < 1.29 is 4.57 Å². The molecular weight excluding hydrogens is 166 g/mol. The summed E-state index contributed by atoms with van der Waals surface area (Å²) >= 11 is 1.77. The number of pyridine rings is 1. The molecule has 2 rings (SSSR count). The normalized spacial score (nSPS) is 10.1. The van der Waals surface area contributed by atoms with Gasteiger partial charge < -0.3 is 0 Å². The lowest BCUT2D eigenvalue weighted by molar-refractivity contribution is -0.660. The fourth-order valence-electron chi connectivity index (χ4n) is 1.20. The Morgan fingerprint density at radius 1 is 1.17 bits per heavy atom. The van der Waals surface area contributed by atoms with Crippen molar-refractivity contribution in [2.75, 3.05) is 0 Å². The largest absolute Gasteiger partial charge is 0.222 e. The van der Waals surface area contributed by atoms with Crippen LogP contribution in [0.2, 0.25) is 0 Å². The van der Waals surface area contributed by atoms with E-state index in [1.807, 2.05) is 6.07 Å². The van der Waals surface area contributed by atoms with Crippen LogP contribution in [0.15, 0.2) is 41.9 Å². The highest BCUT2D eigenvalue weighted by atomic mass is 32.1. The van der Waals surface area contributed by atoms with Gasteiger partial charge in [0.1, 0.15) is 7.05 Å². The van der Waals surface area contributed by atoms with E-state index in [0.717, 1.165) is 0 Å². The van der Waals surface area contributed by atoms with Crippen LogP contribution in [-0.4, -0.2) is 0 Å². The topological polar surface area (TPSA) is 3.88 Å². The van der Waals surface area contributed by atoms with Gasteiger partial charge >= 0.3 is 0 Å². The monoisotopic (exact) mass is 176 g/mol. The molecular formula is C10H10NS+. The Bertz CT molecular complexity index is 365. The van der Waals surface area contributed by atoms with Crippen LogP contribution >= 0.6 is 11.3 Å². The fourth-order valence-corrected chi connectivity index (χ4v) is 2.00. The second-order valence-electron chi connectivity index (χ2n) is 2.67. The van der Waals surface area contributed by atoms with Gasteiger partial charge in [-0.15, -0.1) is 11.3 Å². The van der Waals surface area contributed by atoms with Crippen molar-refractivity contribution in [3.63, 3.8) is 0 Å². The van der Waals surface area contributed by atoms with Crippen LogP contribution in [0.4, 0.5) is 0 Å². The van der Waals surface area contributed by atoms with Gasteiger partial charge in [0.15, 0.2) is 6.20 Å². The molecule has 0 spiro atoms. The summed E-state index contributed by atoms with van der Waals surface area (Å²) in [6.45, 7) is 0. The van der Waals surface area contributed by atoms with Crippen LogP contribution in [-0.2, 0) is 7.05 Å². The van der Waals surface area contributed by atoms with Gasteiger partial charge in [0.05, 0.1) is 4.88 Å². The molecule has 0 atom stereocenters. The van der Waals surface area contributed by atoms with Gasteiger partial charge in [-0.05, 0) is 17.5 Å². The van der Waals surface area contributed by atoms with Gasteiger partial charge in [-0.3, -0.25) is 0 Å². The van der Waals surface area contributed by atoms with Crippen LogP contribution in [0.1, 0.15) is 0 Å². The molecule has 0 aliphatic carbocycles. The van der Waals surface area contributed by atoms with Crippen molar-refractivity contribution in [1.29, 1.82) is 0 Å². The average molecular weight is 176 g/mol. The number of aryl methyl sites for hydroxylation is 1. The Labute approximate surface area is 75.9 Å². The summed E-state index contributed by atoms with van der Waals surface area (Å²) < 4.78 is 2.13. The van der Waals surface area contributed by atoms with Crippen molar-refractivity contribution in [3.8, 4) is 10.6 Å². The van der Waals surface area contributed by atoms with E-state index >= 15 is 0 Å². The van der Waals surface area contributed by atoms with E-state index in [1.54, 1.807) is 11.3 Å². The van der Waals surface area contributed by atoms with Crippen LogP contribution in [0, 0.1) is 0 Å². The molecule has 0 bridgehead atoms. The third-order valence-electron chi connectivity index (χ3n) is 1.83. The van der Waals surface area contributed by atoms with Gasteiger partial charge in [0.25, 0.3) is 0 Å². The van der Waals surface area contributed by atoms with Crippen molar-refractivity contribution in [2.45, 2.75) is 0 Å². The molecule has 2 aromatic rings. The molecule has 0 aliphatic heterocycles. The van der Waals surface area contributed by atoms with Crippen LogP contribution < -0.4 is 4.57 Å². The van der Waals surface area contributed by atoms with E-state index in [2.05, 4.69) is 47.5 Å². The highest BCUT2D eigenvalue weighted by Gasteiger charge is 2.07. The predicted molar refractivity (Wildman–Crippen MR) is 50.9 cm³/mol. The van der Waals surface area contributed by atoms with Gasteiger partial charge in [-0.2, -0.15) is 0 Å². The van der Waals surface area contributed by atoms with Gasteiger partial charge in [0.2, 0.25) is 5.69 Å². The minimum absolute atomic E-state index is 1.27. The van der Waals surface area contributed by atoms with Crippen LogP contribution in [0.3, 0.4) is 0 Å². The molecule has 0 amide bonds. The van der Waals surface area contributed by atoms with E-state index in [4.69, 9.17) is 0 Å². The molecule has 12 heavy (non-hydrogen) atoms. The molecule has 0 N–H and O–H groups in total. The second-order valence-corrected chi connectivity index (χ2v) is 3.62. The molecule has 60 valence electrons. The van der Waals surface area contributed by atoms with Crippen molar-refractivity contribution in [3.05, 3.63) is 41.9 Å². The summed E-state index contributed by atoms with van der Waals surface area (Å²) in [4.78, 5) is 1.32. The Morgan fingerprint density at radius 3 is 2.75 bits per heavy atom. The smallest absolute Gasteiger partial charge is 0.200 e. The summed E-state index contributed by atoms with van der Waals surface area (Å²) in [5.74, 6) is 0. The van der Waals surface area contributed by atoms with Gasteiger partial charge in [0, 0.05) is 12.1 Å². The zero-order valence-electron chi connectivity index (χ0n) is 6.90. The van der Waals surface area contributed by atoms with Crippen molar-refractivity contribution in [1.82, 2.24) is 0 Å². The molecule has 2 aromatic heterocycles. The zero-order chi connectivity index (χ0) is 8.39. The van der Waals surface area contributed by atoms with Crippen molar-refractivity contribution in [2.24, 2.45) is 7.05 Å². The minimum atomic E-state index is 1.27. The summed E-state index contributed by atoms with van der Waals surface area (Å²) in [7, 11) is 2.06. The predicted octanol–water partition coefficient (Wildman–Crippen LogP) is 2.24. The molecule has 0 unspecified atom stereocenters. The lowest BCUT2D eigenvalue weighted by Gasteiger charge is -1.93. The van der Waals surface area contributed by atoms with Crippen LogP contribution in [0.5, 0.6) is 0 Å². The van der Waals surface area contributed by atoms with Crippen LogP contribution in [0.25, 0.3) is 10.6 Å². The highest BCUT2D eigenvalue weighted by molar-refractivity contribution is 7.13. The third kappa shape index (κ3) is 1.25. The quantitative estimate of drug-likeness (QED) is 0.587. The number of aromatic nitrogens is 1. The molecule has 0 saturated heterocycles. The number of hydrogen-bond acceptors (Lipinski definition) is 1. The maximum absolute atomic E-state index is 2.14. The number of hydrogen-bond donors (Lipinski definition) is 0. The van der Waals surface area contributed by atoms with E-state index in [-0.39, 0.29) is 0 Å². The molecule has 0 saturated carbocycles. The van der Waals surface area contributed by atoms with E-state index in [9.17, 15) is 0 Å². The Balaban J connectivity index is 2.55. The summed E-state index contributed by atoms with van der Waals surface area (Å²) in [5, 5.41) is 2.10. The first-order valence-corrected chi connectivity index (χ1v) is 4.74. The molecule has 2 heterocycles. The highest BCUT2D eigenvalue weighted by Crippen LogP contribution is 2.20. The molecule has 0 radical (unpaired) electrons. The van der Waals surface area contributed by atoms with Crippen molar-refractivity contribution >= 4 is 11.3 Å². The fraction of sp³-hybridized carbons (Fsp3) is 0.100. The first-order chi connectivity index (χ1) is 5.88. The third-order valence-corrected chi connectivity index (χ3v) is 2.72. The SMILES string of the molecule is C[n+]1ccccc1-c1cccs1. The minimum Gasteiger partial charge on any atom is -0.200 e. The van der Waals surface area contributed by atoms with Gasteiger partial charge in [-0.1, -0.05) is 6.07 Å². The lowest BCUT2D eigenvalue weighted by atomic mass is 10.3. The second kappa shape index (κ2) is 3.07. The average Bonchev–Trinajstić information content (AvgIpc) is 2.57. The summed E-state index contributed by atoms with van der Waals surface area (Å²) in [6, 6.07) is 10.4. The first-order valence-electron chi connectivity index (χ1n) is 3.86. The Hall–Kier alpha value is -1.15. The number of thiophene rings is 1. The summed E-state index contributed by atoms with van der Waals surface area (Å²) in [5.41, 5.74) is 1.27. The molecule has 0 fully saturated rings. The number of nitrogens with zero attached hydrogens (tertiary/aromatic N) is 1. The molecule has 2 heteroatoms. The zero-order valence-corrected chi connectivity index (χ0v) is 7.71. The van der Waals surface area contributed by atoms with Gasteiger partial charge in [-0.25, -0.2) is 4.57 Å². The van der Waals surface area contributed by atoms with E-state index < -0.39 is 0 Å². The van der Waals surface area contributed by atoms with E-state index in [1.165, 1.54) is 10.6 Å². The number of rotatable bonds is 1. The molecule has 0 aliphatic rings. The summed E-state index contributed by atoms with van der Waals surface area (Å²) in [6.07, 6.45) is 2.06. The van der Waals surface area contributed by atoms with E-state index in [0.29, 0.717) is 0 Å². The maximum Gasteiger partial charge on any atom is 0.222 e. The first kappa shape index (κ1) is 7.50. The lowest BCUT2D eigenvalue weighted by Crippen LogP contribution is -2.29. The standard InChI is InChI=1S/C10H10NS/c1-11-7-3-2-5-9(11)10-6-4-8-12-10/h2-8H,1H3/q+1. The molecule has 0 aromatic carbocycles.